The quantitative estimate of drug-likeness (QED) is 0.939. The molecule has 0 saturated heterocycles. The maximum Gasteiger partial charge on any atom is 0.262 e. The third kappa shape index (κ3) is 2.45. The van der Waals surface area contributed by atoms with Gasteiger partial charge < -0.3 is 5.32 Å². The monoisotopic (exact) mass is 282 g/mol. The third-order valence-electron chi connectivity index (χ3n) is 3.51. The Morgan fingerprint density at radius 3 is 2.80 bits per heavy atom. The summed E-state index contributed by atoms with van der Waals surface area (Å²) in [5, 5.41) is 12.0. The highest BCUT2D eigenvalue weighted by molar-refractivity contribution is 7.14. The molecule has 1 aliphatic rings. The topological polar surface area (TPSA) is 52.9 Å². The van der Waals surface area contributed by atoms with Crippen LogP contribution in [0.15, 0.2) is 36.4 Å². The zero-order valence-electron chi connectivity index (χ0n) is 10.9. The maximum atomic E-state index is 12.2. The number of nitrogens with zero attached hydrogens (tertiary/aromatic N) is 1. The van der Waals surface area contributed by atoms with Crippen molar-refractivity contribution in [2.45, 2.75) is 25.3 Å². The summed E-state index contributed by atoms with van der Waals surface area (Å²) in [6.45, 7) is 0. The first kappa shape index (κ1) is 12.9. The molecule has 1 aromatic heterocycles. The van der Waals surface area contributed by atoms with E-state index in [0.717, 1.165) is 18.4 Å². The smallest absolute Gasteiger partial charge is 0.262 e. The van der Waals surface area contributed by atoms with Crippen LogP contribution in [-0.2, 0) is 12.8 Å². The SMILES string of the molecule is N#CC(NC(=O)c1cc2c(s1)CCC2)c1ccccc1. The first-order valence-electron chi connectivity index (χ1n) is 6.65. The fraction of sp³-hybridized carbons (Fsp3) is 0.250. The maximum absolute atomic E-state index is 12.2. The van der Waals surface area contributed by atoms with Gasteiger partial charge in [0, 0.05) is 4.88 Å². The van der Waals surface area contributed by atoms with Gasteiger partial charge in [0.1, 0.15) is 6.04 Å². The predicted molar refractivity (Wildman–Crippen MR) is 78.6 cm³/mol. The minimum atomic E-state index is -0.597. The van der Waals surface area contributed by atoms with E-state index >= 15 is 0 Å². The van der Waals surface area contributed by atoms with Gasteiger partial charge in [-0.15, -0.1) is 11.3 Å². The van der Waals surface area contributed by atoms with E-state index < -0.39 is 6.04 Å². The second-order valence-corrected chi connectivity index (χ2v) is 6.00. The molecule has 4 heteroatoms. The normalized spacial score (nSPS) is 14.3. The summed E-state index contributed by atoms with van der Waals surface area (Å²) in [5.74, 6) is -0.153. The van der Waals surface area contributed by atoms with E-state index in [4.69, 9.17) is 0 Å². The van der Waals surface area contributed by atoms with Gasteiger partial charge in [-0.25, -0.2) is 0 Å². The number of nitriles is 1. The zero-order valence-corrected chi connectivity index (χ0v) is 11.7. The van der Waals surface area contributed by atoms with Gasteiger partial charge in [0.25, 0.3) is 5.91 Å². The van der Waals surface area contributed by atoms with Gasteiger partial charge in [-0.2, -0.15) is 5.26 Å². The van der Waals surface area contributed by atoms with Crippen molar-refractivity contribution in [1.29, 1.82) is 5.26 Å². The van der Waals surface area contributed by atoms with Crippen LogP contribution < -0.4 is 5.32 Å². The van der Waals surface area contributed by atoms with E-state index in [9.17, 15) is 10.1 Å². The largest absolute Gasteiger partial charge is 0.332 e. The molecule has 2 aromatic rings. The predicted octanol–water partition coefficient (Wildman–Crippen LogP) is 3.23. The van der Waals surface area contributed by atoms with Crippen molar-refractivity contribution in [2.24, 2.45) is 0 Å². The van der Waals surface area contributed by atoms with Gasteiger partial charge in [0.15, 0.2) is 0 Å². The molecule has 20 heavy (non-hydrogen) atoms. The Kier molecular flexibility index (Phi) is 3.53. The number of thiophene rings is 1. The average Bonchev–Trinajstić information content (AvgIpc) is 3.06. The van der Waals surface area contributed by atoms with E-state index in [-0.39, 0.29) is 5.91 Å². The summed E-state index contributed by atoms with van der Waals surface area (Å²) in [7, 11) is 0. The number of aryl methyl sites for hydroxylation is 2. The first-order chi connectivity index (χ1) is 9.78. The highest BCUT2D eigenvalue weighted by Gasteiger charge is 2.20. The molecular formula is C16H14N2OS. The molecule has 100 valence electrons. The van der Waals surface area contributed by atoms with Crippen molar-refractivity contribution in [3.63, 3.8) is 0 Å². The van der Waals surface area contributed by atoms with Crippen molar-refractivity contribution in [3.05, 3.63) is 57.3 Å². The number of rotatable bonds is 3. The Morgan fingerprint density at radius 1 is 1.30 bits per heavy atom. The second kappa shape index (κ2) is 5.48. The summed E-state index contributed by atoms with van der Waals surface area (Å²) < 4.78 is 0. The molecule has 1 atom stereocenters. The summed E-state index contributed by atoms with van der Waals surface area (Å²) in [4.78, 5) is 14.3. The van der Waals surface area contributed by atoms with Crippen molar-refractivity contribution in [3.8, 4) is 6.07 Å². The number of carbonyl (C=O) groups is 1. The lowest BCUT2D eigenvalue weighted by molar-refractivity contribution is 0.0949. The molecule has 1 aromatic carbocycles. The minimum Gasteiger partial charge on any atom is -0.332 e. The summed E-state index contributed by atoms with van der Waals surface area (Å²) in [6.07, 6.45) is 3.33. The fourth-order valence-electron chi connectivity index (χ4n) is 2.48. The number of nitrogens with one attached hydrogen (secondary N) is 1. The van der Waals surface area contributed by atoms with Crippen LogP contribution in [0.3, 0.4) is 0 Å². The Hall–Kier alpha value is -2.12. The molecule has 0 radical (unpaired) electrons. The van der Waals surface area contributed by atoms with Crippen LogP contribution >= 0.6 is 11.3 Å². The lowest BCUT2D eigenvalue weighted by atomic mass is 10.1. The Morgan fingerprint density at radius 2 is 2.10 bits per heavy atom. The lowest BCUT2D eigenvalue weighted by Crippen LogP contribution is -2.26. The van der Waals surface area contributed by atoms with Gasteiger partial charge >= 0.3 is 0 Å². The number of hydrogen-bond acceptors (Lipinski definition) is 3. The van der Waals surface area contributed by atoms with Gasteiger partial charge in [0.05, 0.1) is 10.9 Å². The molecule has 3 nitrogen and oxygen atoms in total. The zero-order chi connectivity index (χ0) is 13.9. The van der Waals surface area contributed by atoms with Crippen molar-refractivity contribution < 1.29 is 4.79 Å². The highest BCUT2D eigenvalue weighted by Crippen LogP contribution is 2.30. The van der Waals surface area contributed by atoms with Gasteiger partial charge in [-0.05, 0) is 36.5 Å². The van der Waals surface area contributed by atoms with Crippen LogP contribution in [0.4, 0.5) is 0 Å². The number of fused-ring (bicyclic) bond motifs is 1. The second-order valence-electron chi connectivity index (χ2n) is 4.86. The Balaban J connectivity index is 1.76. The Bertz CT molecular complexity index is 648. The Labute approximate surface area is 121 Å². The fourth-order valence-corrected chi connectivity index (χ4v) is 3.64. The van der Waals surface area contributed by atoms with Gasteiger partial charge in [-0.1, -0.05) is 30.3 Å². The molecule has 0 aliphatic heterocycles. The van der Waals surface area contributed by atoms with Crippen LogP contribution in [0.1, 0.15) is 38.1 Å². The molecule has 3 rings (SSSR count). The van der Waals surface area contributed by atoms with Crippen LogP contribution in [0.2, 0.25) is 0 Å². The number of hydrogen-bond donors (Lipinski definition) is 1. The van der Waals surface area contributed by atoms with Gasteiger partial charge in [-0.3, -0.25) is 4.79 Å². The number of benzene rings is 1. The average molecular weight is 282 g/mol. The van der Waals surface area contributed by atoms with Crippen molar-refractivity contribution in [2.75, 3.05) is 0 Å². The third-order valence-corrected chi connectivity index (χ3v) is 4.74. The summed E-state index contributed by atoms with van der Waals surface area (Å²) in [5.41, 5.74) is 2.11. The highest BCUT2D eigenvalue weighted by atomic mass is 32.1. The lowest BCUT2D eigenvalue weighted by Gasteiger charge is -2.10. The van der Waals surface area contributed by atoms with E-state index in [1.54, 1.807) is 11.3 Å². The van der Waals surface area contributed by atoms with Crippen molar-refractivity contribution in [1.82, 2.24) is 5.32 Å². The molecule has 0 fully saturated rings. The molecule has 1 aliphatic carbocycles. The molecular weight excluding hydrogens is 268 g/mol. The van der Waals surface area contributed by atoms with Gasteiger partial charge in [0.2, 0.25) is 0 Å². The number of amides is 1. The van der Waals surface area contributed by atoms with Crippen LogP contribution in [-0.4, -0.2) is 5.91 Å². The minimum absolute atomic E-state index is 0.153. The molecule has 1 N–H and O–H groups in total. The molecule has 1 unspecified atom stereocenters. The van der Waals surface area contributed by atoms with Crippen molar-refractivity contribution >= 4 is 17.2 Å². The van der Waals surface area contributed by atoms with E-state index in [1.807, 2.05) is 36.4 Å². The summed E-state index contributed by atoms with van der Waals surface area (Å²) >= 11 is 1.56. The van der Waals surface area contributed by atoms with Crippen LogP contribution in [0, 0.1) is 11.3 Å². The van der Waals surface area contributed by atoms with E-state index in [0.29, 0.717) is 4.88 Å². The molecule has 1 amide bonds. The van der Waals surface area contributed by atoms with Crippen LogP contribution in [0.5, 0.6) is 0 Å². The number of carbonyl (C=O) groups excluding carboxylic acids is 1. The summed E-state index contributed by atoms with van der Waals surface area (Å²) in [6, 6.07) is 12.8. The standard InChI is InChI=1S/C16H14N2OS/c17-10-13(11-5-2-1-3-6-11)18-16(19)15-9-12-7-4-8-14(12)20-15/h1-3,5-6,9,13H,4,7-8H2,(H,18,19). The van der Waals surface area contributed by atoms with E-state index in [2.05, 4.69) is 11.4 Å². The molecule has 0 bridgehead atoms. The van der Waals surface area contributed by atoms with Crippen LogP contribution in [0.25, 0.3) is 0 Å². The van der Waals surface area contributed by atoms with E-state index in [1.165, 1.54) is 16.9 Å². The molecule has 0 saturated carbocycles. The first-order valence-corrected chi connectivity index (χ1v) is 7.46. The molecule has 1 heterocycles. The molecule has 0 spiro atoms.